The molecule has 1 spiro atoms. The quantitative estimate of drug-likeness (QED) is 0.811. The molecule has 2 aliphatic rings. The van der Waals surface area contributed by atoms with Crippen LogP contribution in [0.15, 0.2) is 0 Å². The van der Waals surface area contributed by atoms with E-state index in [0.717, 1.165) is 25.2 Å². The average molecular weight is 259 g/mol. The minimum atomic E-state index is -0.334. The van der Waals surface area contributed by atoms with Gasteiger partial charge in [0, 0.05) is 23.9 Å². The zero-order valence-corrected chi connectivity index (χ0v) is 12.0. The molecule has 4 heteroatoms. The maximum absolute atomic E-state index is 9.77. The van der Waals surface area contributed by atoms with Gasteiger partial charge in [0.25, 0.3) is 0 Å². The molecule has 2 fully saturated rings. The van der Waals surface area contributed by atoms with Crippen molar-refractivity contribution in [1.29, 1.82) is 0 Å². The topological polar surface area (TPSA) is 41.5 Å². The zero-order chi connectivity index (χ0) is 12.5. The molecule has 3 nitrogen and oxygen atoms in total. The van der Waals surface area contributed by atoms with E-state index in [4.69, 9.17) is 4.74 Å². The number of aliphatic hydroxyl groups excluding tert-OH is 1. The van der Waals surface area contributed by atoms with Gasteiger partial charge in [-0.1, -0.05) is 0 Å². The molecule has 0 aromatic carbocycles. The van der Waals surface area contributed by atoms with Crippen LogP contribution >= 0.6 is 11.8 Å². The highest BCUT2D eigenvalue weighted by Crippen LogP contribution is 2.38. The molecule has 0 amide bonds. The predicted octanol–water partition coefficient (Wildman–Crippen LogP) is 1.79. The molecule has 2 saturated heterocycles. The highest BCUT2D eigenvalue weighted by molar-refractivity contribution is 7.99. The Hall–Kier alpha value is 0.230. The second-order valence-corrected chi connectivity index (χ2v) is 7.17. The van der Waals surface area contributed by atoms with Crippen molar-refractivity contribution < 1.29 is 9.84 Å². The number of thioether (sulfide) groups is 1. The fourth-order valence-corrected chi connectivity index (χ4v) is 4.04. The van der Waals surface area contributed by atoms with E-state index in [9.17, 15) is 5.11 Å². The molecule has 0 bridgehead atoms. The summed E-state index contributed by atoms with van der Waals surface area (Å²) < 4.78 is 6.01. The lowest BCUT2D eigenvalue weighted by atomic mass is 9.87. The normalized spacial score (nSPS) is 36.4. The number of nitrogens with one attached hydrogen (secondary N) is 1. The highest BCUT2D eigenvalue weighted by Gasteiger charge is 2.41. The molecule has 2 heterocycles. The third-order valence-corrected chi connectivity index (χ3v) is 5.40. The second kappa shape index (κ2) is 5.08. The summed E-state index contributed by atoms with van der Waals surface area (Å²) in [7, 11) is 0. The summed E-state index contributed by atoms with van der Waals surface area (Å²) in [5, 5.41) is 13.4. The Bertz CT molecular complexity index is 260. The summed E-state index contributed by atoms with van der Waals surface area (Å²) in [5.41, 5.74) is -0.0930. The van der Waals surface area contributed by atoms with Crippen LogP contribution in [0.25, 0.3) is 0 Å². The molecule has 0 aromatic rings. The summed E-state index contributed by atoms with van der Waals surface area (Å²) >= 11 is 2.00. The first-order valence-electron chi connectivity index (χ1n) is 6.61. The van der Waals surface area contributed by atoms with Gasteiger partial charge >= 0.3 is 0 Å². The summed E-state index contributed by atoms with van der Waals surface area (Å²) in [6.07, 6.45) is 3.00. The van der Waals surface area contributed by atoms with Gasteiger partial charge in [-0.25, -0.2) is 0 Å². The summed E-state index contributed by atoms with van der Waals surface area (Å²) in [6, 6.07) is 0.479. The van der Waals surface area contributed by atoms with Crippen LogP contribution in [0.1, 0.15) is 40.0 Å². The fourth-order valence-electron chi connectivity index (χ4n) is 2.66. The van der Waals surface area contributed by atoms with Crippen LogP contribution in [0, 0.1) is 0 Å². The summed E-state index contributed by atoms with van der Waals surface area (Å²) in [6.45, 7) is 6.86. The molecule has 2 rings (SSSR count). The van der Waals surface area contributed by atoms with Crippen LogP contribution < -0.4 is 5.32 Å². The van der Waals surface area contributed by atoms with Crippen molar-refractivity contribution in [2.24, 2.45) is 0 Å². The van der Waals surface area contributed by atoms with Gasteiger partial charge in [0.05, 0.1) is 11.7 Å². The van der Waals surface area contributed by atoms with E-state index < -0.39 is 0 Å². The van der Waals surface area contributed by atoms with Crippen molar-refractivity contribution in [2.75, 3.05) is 18.1 Å². The first-order valence-corrected chi connectivity index (χ1v) is 7.76. The number of hydrogen-bond donors (Lipinski definition) is 2. The molecule has 2 aliphatic heterocycles. The molecule has 0 aliphatic carbocycles. The van der Waals surface area contributed by atoms with Crippen LogP contribution in [0.3, 0.4) is 0 Å². The largest absolute Gasteiger partial charge is 0.392 e. The Labute approximate surface area is 109 Å². The first kappa shape index (κ1) is 13.7. The summed E-state index contributed by atoms with van der Waals surface area (Å²) in [5.74, 6) is 2.37. The van der Waals surface area contributed by atoms with Crippen LogP contribution in [0.2, 0.25) is 0 Å². The third kappa shape index (κ3) is 3.16. The molecular weight excluding hydrogens is 234 g/mol. The molecular formula is C13H25NO2S. The lowest BCUT2D eigenvalue weighted by Crippen LogP contribution is -2.57. The molecule has 0 saturated carbocycles. The van der Waals surface area contributed by atoms with Gasteiger partial charge < -0.3 is 15.2 Å². The van der Waals surface area contributed by atoms with Crippen LogP contribution in [-0.2, 0) is 4.74 Å². The average Bonchev–Trinajstić information content (AvgIpc) is 2.65. The van der Waals surface area contributed by atoms with Crippen molar-refractivity contribution in [2.45, 2.75) is 63.3 Å². The second-order valence-electron chi connectivity index (χ2n) is 6.07. The highest BCUT2D eigenvalue weighted by atomic mass is 32.2. The molecule has 100 valence electrons. The Morgan fingerprint density at radius 3 is 2.88 bits per heavy atom. The summed E-state index contributed by atoms with van der Waals surface area (Å²) in [4.78, 5) is 0. The number of rotatable bonds is 3. The van der Waals surface area contributed by atoms with E-state index in [1.165, 1.54) is 12.2 Å². The van der Waals surface area contributed by atoms with E-state index in [2.05, 4.69) is 19.2 Å². The Balaban J connectivity index is 1.93. The number of aliphatic hydroxyl groups is 1. The van der Waals surface area contributed by atoms with E-state index in [1.807, 2.05) is 18.7 Å². The van der Waals surface area contributed by atoms with Gasteiger partial charge in [0.15, 0.2) is 0 Å². The van der Waals surface area contributed by atoms with Crippen LogP contribution in [0.4, 0.5) is 0 Å². The third-order valence-electron chi connectivity index (χ3n) is 4.18. The van der Waals surface area contributed by atoms with E-state index in [1.54, 1.807) is 0 Å². The lowest BCUT2D eigenvalue weighted by molar-refractivity contribution is -0.0761. The van der Waals surface area contributed by atoms with Gasteiger partial charge in [-0.2, -0.15) is 11.8 Å². The number of hydrogen-bond acceptors (Lipinski definition) is 4. The minimum Gasteiger partial charge on any atom is -0.392 e. The van der Waals surface area contributed by atoms with Crippen molar-refractivity contribution in [3.8, 4) is 0 Å². The minimum absolute atomic E-state index is 0.120. The van der Waals surface area contributed by atoms with E-state index in [-0.39, 0.29) is 17.2 Å². The maximum atomic E-state index is 9.77. The van der Waals surface area contributed by atoms with Gasteiger partial charge in [-0.3, -0.25) is 0 Å². The van der Waals surface area contributed by atoms with Gasteiger partial charge in [-0.15, -0.1) is 0 Å². The van der Waals surface area contributed by atoms with Crippen molar-refractivity contribution >= 4 is 11.8 Å². The molecule has 17 heavy (non-hydrogen) atoms. The first-order chi connectivity index (χ1) is 7.94. The predicted molar refractivity (Wildman–Crippen MR) is 72.5 cm³/mol. The molecule has 0 aromatic heterocycles. The van der Waals surface area contributed by atoms with Gasteiger partial charge in [0.1, 0.15) is 0 Å². The van der Waals surface area contributed by atoms with Gasteiger partial charge in [0.2, 0.25) is 0 Å². The molecule has 0 radical (unpaired) electrons. The lowest BCUT2D eigenvalue weighted by Gasteiger charge is -2.42. The molecule has 3 atom stereocenters. The zero-order valence-electron chi connectivity index (χ0n) is 11.2. The van der Waals surface area contributed by atoms with Crippen LogP contribution in [0.5, 0.6) is 0 Å². The Morgan fingerprint density at radius 1 is 1.53 bits per heavy atom. The SMILES string of the molecule is CC(O)C(C)(C)NC1CCOC2(CCSC2)C1. The standard InChI is InChI=1S/C13H25NO2S/c1-10(15)12(2,3)14-11-4-6-16-13(8-11)5-7-17-9-13/h10-11,14-15H,4-9H2,1-3H3. The fraction of sp³-hybridized carbons (Fsp3) is 1.00. The maximum Gasteiger partial charge on any atom is 0.0795 e. The molecule has 3 unspecified atom stereocenters. The van der Waals surface area contributed by atoms with E-state index in [0.29, 0.717) is 6.04 Å². The van der Waals surface area contributed by atoms with E-state index >= 15 is 0 Å². The smallest absolute Gasteiger partial charge is 0.0795 e. The van der Waals surface area contributed by atoms with Crippen LogP contribution in [-0.4, -0.2) is 46.5 Å². The van der Waals surface area contributed by atoms with Gasteiger partial charge in [-0.05, 0) is 45.8 Å². The molecule has 2 N–H and O–H groups in total. The monoisotopic (exact) mass is 259 g/mol. The van der Waals surface area contributed by atoms with Crippen molar-refractivity contribution in [3.63, 3.8) is 0 Å². The Morgan fingerprint density at radius 2 is 2.29 bits per heavy atom. The number of ether oxygens (including phenoxy) is 1. The van der Waals surface area contributed by atoms with Crippen molar-refractivity contribution in [1.82, 2.24) is 5.32 Å². The van der Waals surface area contributed by atoms with Crippen molar-refractivity contribution in [3.05, 3.63) is 0 Å². The Kier molecular flexibility index (Phi) is 4.08.